The zero-order chi connectivity index (χ0) is 27.4. The maximum atomic E-state index is 12.3. The molecular weight excluding hydrogens is 466 g/mol. The summed E-state index contributed by atoms with van der Waals surface area (Å²) in [5.41, 5.74) is 0. The number of rotatable bonds is 29. The molecule has 0 rings (SSSR count). The number of nitrogens with zero attached hydrogens (tertiary/aromatic N) is 1. The number of carbonyl (C=O) groups excluding carboxylic acids is 1. The highest BCUT2D eigenvalue weighted by Gasteiger charge is 2.14. The summed E-state index contributed by atoms with van der Waals surface area (Å²) in [5, 5.41) is 0. The average molecular weight is 530 g/mol. The van der Waals surface area contributed by atoms with Gasteiger partial charge in [0.05, 0.1) is 19.6 Å². The van der Waals surface area contributed by atoms with Crippen LogP contribution < -0.4 is 0 Å². The lowest BCUT2D eigenvalue weighted by Gasteiger charge is -2.19. The van der Waals surface area contributed by atoms with Gasteiger partial charge in [0.15, 0.2) is 6.29 Å². The van der Waals surface area contributed by atoms with E-state index in [1.165, 1.54) is 64.2 Å². The molecule has 222 valence electrons. The van der Waals surface area contributed by atoms with Crippen molar-refractivity contribution < 1.29 is 23.7 Å². The number of hydrogen-bond acceptors (Lipinski definition) is 6. The molecule has 0 bridgehead atoms. The van der Waals surface area contributed by atoms with E-state index in [0.717, 1.165) is 45.5 Å². The second kappa shape index (κ2) is 28.3. The largest absolute Gasteiger partial charge is 0.465 e. The molecule has 0 amide bonds. The van der Waals surface area contributed by atoms with Crippen LogP contribution in [0.15, 0.2) is 0 Å². The third kappa shape index (κ3) is 25.4. The quantitative estimate of drug-likeness (QED) is 0.0560. The zero-order valence-electron chi connectivity index (χ0n) is 25.4. The lowest BCUT2D eigenvalue weighted by molar-refractivity contribution is -0.160. The van der Waals surface area contributed by atoms with Crippen molar-refractivity contribution >= 4 is 5.97 Å². The Morgan fingerprint density at radius 3 is 1.76 bits per heavy atom. The van der Waals surface area contributed by atoms with Crippen LogP contribution in [0.2, 0.25) is 0 Å². The molecule has 0 saturated heterocycles. The molecule has 37 heavy (non-hydrogen) atoms. The van der Waals surface area contributed by atoms with E-state index in [1.807, 2.05) is 0 Å². The highest BCUT2D eigenvalue weighted by atomic mass is 16.7. The zero-order valence-corrected chi connectivity index (χ0v) is 25.4. The molecule has 0 spiro atoms. The average Bonchev–Trinajstić information content (AvgIpc) is 2.90. The topological polar surface area (TPSA) is 57.2 Å². The molecule has 0 aliphatic rings. The van der Waals surface area contributed by atoms with Gasteiger partial charge in [-0.3, -0.25) is 4.79 Å². The number of ether oxygens (including phenoxy) is 4. The molecule has 0 radical (unpaired) electrons. The number of unbranched alkanes of at least 4 members (excludes halogenated alkanes) is 10. The third-order valence-corrected chi connectivity index (χ3v) is 6.78. The molecule has 6 heteroatoms. The first-order valence-corrected chi connectivity index (χ1v) is 15.8. The van der Waals surface area contributed by atoms with Crippen molar-refractivity contribution in [1.82, 2.24) is 4.90 Å². The van der Waals surface area contributed by atoms with Gasteiger partial charge in [0, 0.05) is 38.7 Å². The van der Waals surface area contributed by atoms with Gasteiger partial charge in [0.1, 0.15) is 0 Å². The SMILES string of the molecule is CCCCCCCCOC(CCC(=O)OCC(C)COCCCN(CC)CC)OCCCCCCCC. The maximum Gasteiger partial charge on any atom is 0.305 e. The summed E-state index contributed by atoms with van der Waals surface area (Å²) >= 11 is 0. The fourth-order valence-electron chi connectivity index (χ4n) is 4.21. The predicted molar refractivity (Wildman–Crippen MR) is 155 cm³/mol. The van der Waals surface area contributed by atoms with E-state index in [4.69, 9.17) is 18.9 Å². The van der Waals surface area contributed by atoms with Gasteiger partial charge in [0.25, 0.3) is 0 Å². The van der Waals surface area contributed by atoms with Gasteiger partial charge in [-0.1, -0.05) is 98.8 Å². The second-order valence-corrected chi connectivity index (χ2v) is 10.5. The molecule has 1 unspecified atom stereocenters. The Hall–Kier alpha value is -0.690. The highest BCUT2D eigenvalue weighted by Crippen LogP contribution is 2.12. The Morgan fingerprint density at radius 1 is 0.676 bits per heavy atom. The summed E-state index contributed by atoms with van der Waals surface area (Å²) in [6.45, 7) is 17.3. The van der Waals surface area contributed by atoms with Gasteiger partial charge < -0.3 is 23.8 Å². The summed E-state index contributed by atoms with van der Waals surface area (Å²) in [6.07, 6.45) is 16.4. The fraction of sp³-hybridized carbons (Fsp3) is 0.968. The van der Waals surface area contributed by atoms with Crippen molar-refractivity contribution in [1.29, 1.82) is 0 Å². The monoisotopic (exact) mass is 529 g/mol. The van der Waals surface area contributed by atoms with Crippen LogP contribution in [0.5, 0.6) is 0 Å². The number of carbonyl (C=O) groups is 1. The van der Waals surface area contributed by atoms with Crippen LogP contribution in [0.4, 0.5) is 0 Å². The molecule has 0 N–H and O–H groups in total. The van der Waals surface area contributed by atoms with Crippen LogP contribution in [0.1, 0.15) is 131 Å². The van der Waals surface area contributed by atoms with Gasteiger partial charge in [0.2, 0.25) is 0 Å². The van der Waals surface area contributed by atoms with Crippen molar-refractivity contribution in [3.05, 3.63) is 0 Å². The minimum Gasteiger partial charge on any atom is -0.465 e. The van der Waals surface area contributed by atoms with E-state index in [0.29, 0.717) is 39.3 Å². The van der Waals surface area contributed by atoms with Crippen molar-refractivity contribution in [2.45, 2.75) is 137 Å². The molecule has 0 saturated carbocycles. The van der Waals surface area contributed by atoms with Gasteiger partial charge in [-0.25, -0.2) is 0 Å². The second-order valence-electron chi connectivity index (χ2n) is 10.5. The molecule has 6 nitrogen and oxygen atoms in total. The van der Waals surface area contributed by atoms with Crippen LogP contribution in [0.3, 0.4) is 0 Å². The van der Waals surface area contributed by atoms with Crippen LogP contribution in [-0.4, -0.2) is 69.8 Å². The van der Waals surface area contributed by atoms with Gasteiger partial charge in [-0.15, -0.1) is 0 Å². The maximum absolute atomic E-state index is 12.3. The van der Waals surface area contributed by atoms with Crippen molar-refractivity contribution in [2.24, 2.45) is 5.92 Å². The fourth-order valence-corrected chi connectivity index (χ4v) is 4.21. The lowest BCUT2D eigenvalue weighted by atomic mass is 10.1. The molecule has 0 heterocycles. The summed E-state index contributed by atoms with van der Waals surface area (Å²) in [7, 11) is 0. The van der Waals surface area contributed by atoms with Crippen LogP contribution in [0.25, 0.3) is 0 Å². The van der Waals surface area contributed by atoms with E-state index in [-0.39, 0.29) is 18.2 Å². The summed E-state index contributed by atoms with van der Waals surface area (Å²) in [5.74, 6) is 0.0193. The predicted octanol–water partition coefficient (Wildman–Crippen LogP) is 7.77. The third-order valence-electron chi connectivity index (χ3n) is 6.78. The van der Waals surface area contributed by atoms with E-state index >= 15 is 0 Å². The first-order valence-electron chi connectivity index (χ1n) is 15.8. The van der Waals surface area contributed by atoms with Crippen molar-refractivity contribution in [3.63, 3.8) is 0 Å². The Labute approximate surface area is 230 Å². The molecule has 0 aromatic heterocycles. The first-order chi connectivity index (χ1) is 18.1. The Morgan fingerprint density at radius 2 is 1.22 bits per heavy atom. The minimum atomic E-state index is -0.314. The molecule has 0 aromatic carbocycles. The van der Waals surface area contributed by atoms with Crippen LogP contribution >= 0.6 is 0 Å². The van der Waals surface area contributed by atoms with E-state index in [2.05, 4.69) is 39.5 Å². The van der Waals surface area contributed by atoms with Gasteiger partial charge in [-0.2, -0.15) is 0 Å². The van der Waals surface area contributed by atoms with E-state index in [9.17, 15) is 4.79 Å². The summed E-state index contributed by atoms with van der Waals surface area (Å²) in [6, 6.07) is 0. The van der Waals surface area contributed by atoms with Gasteiger partial charge >= 0.3 is 5.97 Å². The van der Waals surface area contributed by atoms with Crippen molar-refractivity contribution in [3.8, 4) is 0 Å². The molecule has 0 aliphatic heterocycles. The Balaban J connectivity index is 4.12. The van der Waals surface area contributed by atoms with E-state index in [1.54, 1.807) is 0 Å². The Kier molecular flexibility index (Phi) is 27.8. The summed E-state index contributed by atoms with van der Waals surface area (Å²) in [4.78, 5) is 14.7. The smallest absolute Gasteiger partial charge is 0.305 e. The van der Waals surface area contributed by atoms with Crippen molar-refractivity contribution in [2.75, 3.05) is 52.7 Å². The first kappa shape index (κ1) is 36.3. The number of esters is 1. The molecule has 0 fully saturated rings. The highest BCUT2D eigenvalue weighted by molar-refractivity contribution is 5.69. The molecular formula is C31H63NO5. The number of hydrogen-bond donors (Lipinski definition) is 0. The molecule has 0 aromatic rings. The van der Waals surface area contributed by atoms with Crippen LogP contribution in [-0.2, 0) is 23.7 Å². The summed E-state index contributed by atoms with van der Waals surface area (Å²) < 4.78 is 23.3. The van der Waals surface area contributed by atoms with Crippen LogP contribution in [0, 0.1) is 5.92 Å². The molecule has 1 atom stereocenters. The molecule has 0 aliphatic carbocycles. The lowest BCUT2D eigenvalue weighted by Crippen LogP contribution is -2.25. The van der Waals surface area contributed by atoms with Gasteiger partial charge in [-0.05, 0) is 32.4 Å². The van der Waals surface area contributed by atoms with E-state index < -0.39 is 0 Å². The minimum absolute atomic E-state index is 0.176. The standard InChI is InChI=1S/C31H63NO5/c1-6-10-12-14-16-18-25-35-31(36-26-19-17-15-13-11-7-2)22-21-30(33)37-28-29(5)27-34-24-20-23-32(8-3)9-4/h29,31H,6-28H2,1-5H3. The Bertz CT molecular complexity index is 455. The normalized spacial score (nSPS) is 12.5.